The van der Waals surface area contributed by atoms with Crippen molar-refractivity contribution < 1.29 is 19.3 Å². The summed E-state index contributed by atoms with van der Waals surface area (Å²) in [6.07, 6.45) is -0.450. The van der Waals surface area contributed by atoms with Crippen molar-refractivity contribution in [1.82, 2.24) is 0 Å². The summed E-state index contributed by atoms with van der Waals surface area (Å²) in [5.74, 6) is 0. The molecule has 0 saturated carbocycles. The minimum atomic E-state index is -1.19. The number of hydrogen-bond acceptors (Lipinski definition) is 2. The van der Waals surface area contributed by atoms with Crippen LogP contribution in [0.4, 0.5) is 9.50 Å². The number of carbonyl (C=O) groups is 1. The van der Waals surface area contributed by atoms with E-state index in [0.29, 0.717) is 6.61 Å². The van der Waals surface area contributed by atoms with Gasteiger partial charge in [0.05, 0.1) is 6.61 Å². The topological polar surface area (TPSA) is 46.5 Å². The maximum atomic E-state index is 9.54. The summed E-state index contributed by atoms with van der Waals surface area (Å²) >= 11 is 0. The summed E-state index contributed by atoms with van der Waals surface area (Å²) in [4.78, 5) is 9.54. The zero-order valence-corrected chi connectivity index (χ0v) is 4.59. The molecule has 0 aliphatic carbocycles. The molecule has 0 heterocycles. The maximum absolute atomic E-state index is 9.54. The van der Waals surface area contributed by atoms with E-state index in [9.17, 15) is 4.79 Å². The molecule has 0 amide bonds. The molecule has 0 aliphatic rings. The second-order valence-corrected chi connectivity index (χ2v) is 1.11. The fraction of sp³-hybridized carbons (Fsp3) is 0.750. The van der Waals surface area contributed by atoms with Gasteiger partial charge in [0.1, 0.15) is 0 Å². The van der Waals surface area contributed by atoms with Crippen molar-refractivity contribution in [3.63, 3.8) is 0 Å². The minimum Gasteiger partial charge on any atom is -0.450 e. The van der Waals surface area contributed by atoms with Gasteiger partial charge >= 0.3 is 6.16 Å². The lowest BCUT2D eigenvalue weighted by molar-refractivity contribution is 0.0918. The number of halogens is 1. The Kier molecular flexibility index (Phi) is 7.93. The second-order valence-electron chi connectivity index (χ2n) is 1.11. The lowest BCUT2D eigenvalue weighted by atomic mass is 10.5. The van der Waals surface area contributed by atoms with Crippen LogP contribution in [-0.2, 0) is 4.74 Å². The minimum absolute atomic E-state index is 0. The van der Waals surface area contributed by atoms with Gasteiger partial charge in [-0.05, 0) is 6.42 Å². The zero-order chi connectivity index (χ0) is 5.70. The molecule has 0 atom stereocenters. The van der Waals surface area contributed by atoms with Crippen molar-refractivity contribution >= 4 is 6.16 Å². The van der Waals surface area contributed by atoms with Gasteiger partial charge in [-0.15, -0.1) is 0 Å². The summed E-state index contributed by atoms with van der Waals surface area (Å²) in [6.45, 7) is 2.15. The van der Waals surface area contributed by atoms with E-state index >= 15 is 0 Å². The first kappa shape index (κ1) is 10.2. The van der Waals surface area contributed by atoms with Crippen molar-refractivity contribution in [2.45, 2.75) is 13.3 Å². The lowest BCUT2D eigenvalue weighted by Crippen LogP contribution is -1.99. The van der Waals surface area contributed by atoms with Gasteiger partial charge in [0, 0.05) is 0 Å². The molecule has 0 aromatic rings. The Morgan fingerprint density at radius 1 is 1.75 bits per heavy atom. The first-order valence-corrected chi connectivity index (χ1v) is 2.13. The van der Waals surface area contributed by atoms with Gasteiger partial charge in [0.2, 0.25) is 0 Å². The summed E-state index contributed by atoms with van der Waals surface area (Å²) in [5, 5.41) is 7.82. The van der Waals surface area contributed by atoms with Gasteiger partial charge in [-0.3, -0.25) is 4.70 Å². The SMILES string of the molecule is CCCOC(=O)O.F. The van der Waals surface area contributed by atoms with Crippen LogP contribution >= 0.6 is 0 Å². The molecule has 8 heavy (non-hydrogen) atoms. The van der Waals surface area contributed by atoms with E-state index in [2.05, 4.69) is 4.74 Å². The third-order valence-corrected chi connectivity index (χ3v) is 0.430. The Morgan fingerprint density at radius 3 is 2.38 bits per heavy atom. The molecule has 0 fully saturated rings. The van der Waals surface area contributed by atoms with Crippen LogP contribution in [0.3, 0.4) is 0 Å². The highest BCUT2D eigenvalue weighted by molar-refractivity contribution is 5.56. The Hall–Kier alpha value is -0.800. The third-order valence-electron chi connectivity index (χ3n) is 0.430. The lowest BCUT2D eigenvalue weighted by Gasteiger charge is -1.91. The predicted octanol–water partition coefficient (Wildman–Crippen LogP) is 1.24. The Labute approximate surface area is 46.6 Å². The van der Waals surface area contributed by atoms with E-state index in [-0.39, 0.29) is 4.70 Å². The van der Waals surface area contributed by atoms with Gasteiger partial charge in [-0.1, -0.05) is 6.92 Å². The van der Waals surface area contributed by atoms with Crippen molar-refractivity contribution in [2.75, 3.05) is 6.61 Å². The van der Waals surface area contributed by atoms with Gasteiger partial charge < -0.3 is 9.84 Å². The number of ether oxygens (including phenoxy) is 1. The van der Waals surface area contributed by atoms with E-state index in [0.717, 1.165) is 6.42 Å². The highest BCUT2D eigenvalue weighted by atomic mass is 19.0. The Balaban J connectivity index is 0. The standard InChI is InChI=1S/C4H8O3.FH/c1-2-3-7-4(5)6;/h2-3H2,1H3,(H,5,6);1H. The van der Waals surface area contributed by atoms with Crippen LogP contribution in [-0.4, -0.2) is 17.9 Å². The van der Waals surface area contributed by atoms with E-state index < -0.39 is 6.16 Å². The molecule has 0 spiro atoms. The second kappa shape index (κ2) is 6.20. The van der Waals surface area contributed by atoms with Crippen LogP contribution in [0.25, 0.3) is 0 Å². The van der Waals surface area contributed by atoms with Crippen LogP contribution in [0.15, 0.2) is 0 Å². The van der Waals surface area contributed by atoms with Crippen molar-refractivity contribution in [1.29, 1.82) is 0 Å². The normalized spacial score (nSPS) is 7.12. The molecule has 3 nitrogen and oxygen atoms in total. The summed E-state index contributed by atoms with van der Waals surface area (Å²) < 4.78 is 4.11. The number of rotatable bonds is 2. The fourth-order valence-corrected chi connectivity index (χ4v) is 0.189. The molecular formula is C4H9FO3. The molecule has 1 N–H and O–H groups in total. The molecule has 0 unspecified atom stereocenters. The zero-order valence-electron chi connectivity index (χ0n) is 4.59. The van der Waals surface area contributed by atoms with Crippen LogP contribution in [0, 0.1) is 0 Å². The molecule has 4 heteroatoms. The third kappa shape index (κ3) is 8.96. The highest BCUT2D eigenvalue weighted by Gasteiger charge is 1.89. The summed E-state index contributed by atoms with van der Waals surface area (Å²) in [7, 11) is 0. The van der Waals surface area contributed by atoms with Crippen LogP contribution in [0.1, 0.15) is 13.3 Å². The van der Waals surface area contributed by atoms with E-state index in [1.54, 1.807) is 0 Å². The first-order valence-electron chi connectivity index (χ1n) is 2.13. The number of hydrogen-bond donors (Lipinski definition) is 1. The van der Waals surface area contributed by atoms with Crippen molar-refractivity contribution in [3.05, 3.63) is 0 Å². The Bertz CT molecular complexity index is 64.3. The van der Waals surface area contributed by atoms with E-state index in [1.807, 2.05) is 6.92 Å². The molecule has 0 rings (SSSR count). The molecule has 0 aliphatic heterocycles. The largest absolute Gasteiger partial charge is 0.505 e. The van der Waals surface area contributed by atoms with Gasteiger partial charge in [0.25, 0.3) is 0 Å². The monoisotopic (exact) mass is 124 g/mol. The average molecular weight is 124 g/mol. The summed E-state index contributed by atoms with van der Waals surface area (Å²) in [6, 6.07) is 0. The van der Waals surface area contributed by atoms with E-state index in [1.165, 1.54) is 0 Å². The van der Waals surface area contributed by atoms with Crippen LogP contribution in [0.2, 0.25) is 0 Å². The smallest absolute Gasteiger partial charge is 0.450 e. The van der Waals surface area contributed by atoms with Crippen molar-refractivity contribution in [2.24, 2.45) is 0 Å². The van der Waals surface area contributed by atoms with Crippen LogP contribution in [0.5, 0.6) is 0 Å². The highest BCUT2D eigenvalue weighted by Crippen LogP contribution is 1.78. The molecule has 0 radical (unpaired) electrons. The molecule has 0 aromatic heterocycles. The quantitative estimate of drug-likeness (QED) is 0.563. The maximum Gasteiger partial charge on any atom is 0.505 e. The van der Waals surface area contributed by atoms with E-state index in [4.69, 9.17) is 5.11 Å². The molecule has 0 aromatic carbocycles. The molecule has 50 valence electrons. The van der Waals surface area contributed by atoms with Gasteiger partial charge in [-0.25, -0.2) is 4.79 Å². The fourth-order valence-electron chi connectivity index (χ4n) is 0.189. The number of carboxylic acid groups (broad SMARTS) is 1. The average Bonchev–Trinajstić information content (AvgIpc) is 1.61. The summed E-state index contributed by atoms with van der Waals surface area (Å²) in [5.41, 5.74) is 0. The van der Waals surface area contributed by atoms with Crippen LogP contribution < -0.4 is 0 Å². The van der Waals surface area contributed by atoms with Gasteiger partial charge in [-0.2, -0.15) is 0 Å². The van der Waals surface area contributed by atoms with Gasteiger partial charge in [0.15, 0.2) is 0 Å². The molecule has 0 saturated heterocycles. The molecular weight excluding hydrogens is 115 g/mol. The first-order chi connectivity index (χ1) is 3.27. The predicted molar refractivity (Wildman–Crippen MR) is 26.8 cm³/mol. The Morgan fingerprint density at radius 2 is 2.25 bits per heavy atom. The van der Waals surface area contributed by atoms with Crippen molar-refractivity contribution in [3.8, 4) is 0 Å². The molecule has 0 bridgehead atoms.